The molecule has 1 nitrogen and oxygen atoms in total. The van der Waals surface area contributed by atoms with Crippen molar-refractivity contribution in [3.63, 3.8) is 0 Å². The van der Waals surface area contributed by atoms with Crippen molar-refractivity contribution in [2.75, 3.05) is 7.05 Å². The Bertz CT molecular complexity index is 468. The summed E-state index contributed by atoms with van der Waals surface area (Å²) in [4.78, 5) is 0. The molecule has 0 aliphatic heterocycles. The topological polar surface area (TPSA) is 12.0 Å². The summed E-state index contributed by atoms with van der Waals surface area (Å²) in [6, 6.07) is 6.35. The van der Waals surface area contributed by atoms with Gasteiger partial charge in [-0.15, -0.1) is 0 Å². The number of nitrogens with one attached hydrogen (secondary N) is 1. The lowest BCUT2D eigenvalue weighted by Crippen LogP contribution is -2.30. The van der Waals surface area contributed by atoms with Crippen LogP contribution in [0.5, 0.6) is 0 Å². The molecule has 0 spiro atoms. The van der Waals surface area contributed by atoms with Gasteiger partial charge in [-0.1, -0.05) is 53.8 Å². The van der Waals surface area contributed by atoms with Crippen LogP contribution in [0, 0.1) is 0 Å². The fourth-order valence-electron chi connectivity index (χ4n) is 2.85. The summed E-state index contributed by atoms with van der Waals surface area (Å²) in [5.74, 6) is 0. The Balaban J connectivity index is 2.08. The van der Waals surface area contributed by atoms with Gasteiger partial charge in [-0.25, -0.2) is 0 Å². The molecule has 0 saturated heterocycles. The van der Waals surface area contributed by atoms with Crippen LogP contribution in [0.3, 0.4) is 0 Å². The lowest BCUT2D eigenvalue weighted by atomic mass is 9.91. The summed E-state index contributed by atoms with van der Waals surface area (Å²) in [5, 5.41) is 4.73. The number of halogens is 2. The molecular weight excluding hydrogens is 289 g/mol. The number of hydrogen-bond acceptors (Lipinski definition) is 1. The summed E-state index contributed by atoms with van der Waals surface area (Å²) in [7, 11) is 2.04. The summed E-state index contributed by atoms with van der Waals surface area (Å²) in [6.45, 7) is 0. The summed E-state index contributed by atoms with van der Waals surface area (Å²) >= 11 is 12.1. The third kappa shape index (κ3) is 4.51. The van der Waals surface area contributed by atoms with Gasteiger partial charge < -0.3 is 5.32 Å². The van der Waals surface area contributed by atoms with Crippen molar-refractivity contribution in [1.82, 2.24) is 5.32 Å². The number of likely N-dealkylation sites (N-methyl/N-ethyl adjacent to an activating group) is 1. The highest BCUT2D eigenvalue weighted by atomic mass is 35.5. The zero-order valence-corrected chi connectivity index (χ0v) is 13.6. The molecule has 0 fully saturated rings. The molecule has 1 aromatic carbocycles. The second-order valence-electron chi connectivity index (χ2n) is 5.53. The van der Waals surface area contributed by atoms with Crippen molar-refractivity contribution < 1.29 is 0 Å². The largest absolute Gasteiger partial charge is 0.313 e. The van der Waals surface area contributed by atoms with Crippen LogP contribution in [0.2, 0.25) is 10.0 Å². The first-order valence-corrected chi connectivity index (χ1v) is 8.26. The quantitative estimate of drug-likeness (QED) is 0.734. The molecule has 3 heteroatoms. The van der Waals surface area contributed by atoms with E-state index in [0.29, 0.717) is 16.1 Å². The molecule has 0 bridgehead atoms. The Labute approximate surface area is 132 Å². The fraction of sp³-hybridized carbons (Fsp3) is 0.529. The molecule has 2 rings (SSSR count). The van der Waals surface area contributed by atoms with E-state index < -0.39 is 0 Å². The molecule has 0 heterocycles. The monoisotopic (exact) mass is 311 g/mol. The van der Waals surface area contributed by atoms with E-state index in [2.05, 4.69) is 17.5 Å². The predicted molar refractivity (Wildman–Crippen MR) is 88.8 cm³/mol. The minimum absolute atomic E-state index is 0.408. The summed E-state index contributed by atoms with van der Waals surface area (Å²) in [6.07, 6.45) is 11.2. The molecule has 110 valence electrons. The standard InChI is InChI=1S/C17H23Cl2N/c1-20-17(14-7-5-3-2-4-6-8-14)12-13-9-10-15(18)16(19)11-13/h7,9-11,17,20H,2-6,8,12H2,1H3/b14-7+. The third-order valence-corrected chi connectivity index (χ3v) is 4.79. The van der Waals surface area contributed by atoms with E-state index in [1.165, 1.54) is 44.1 Å². The second kappa shape index (κ2) is 8.07. The van der Waals surface area contributed by atoms with Gasteiger partial charge >= 0.3 is 0 Å². The van der Waals surface area contributed by atoms with Gasteiger partial charge in [0.05, 0.1) is 10.0 Å². The van der Waals surface area contributed by atoms with Gasteiger partial charge in [-0.2, -0.15) is 0 Å². The molecule has 1 N–H and O–H groups in total. The number of benzene rings is 1. The SMILES string of the molecule is CNC(Cc1ccc(Cl)c(Cl)c1)/C1=C/CCCCCC1. The molecule has 0 aromatic heterocycles. The van der Waals surface area contributed by atoms with E-state index in [9.17, 15) is 0 Å². The van der Waals surface area contributed by atoms with Crippen LogP contribution in [0.1, 0.15) is 44.1 Å². The number of allylic oxidation sites excluding steroid dienone is 1. The average Bonchev–Trinajstić information content (AvgIpc) is 2.40. The van der Waals surface area contributed by atoms with Crippen molar-refractivity contribution in [3.05, 3.63) is 45.5 Å². The maximum atomic E-state index is 6.11. The first-order valence-electron chi connectivity index (χ1n) is 7.51. The van der Waals surface area contributed by atoms with Crippen LogP contribution in [0.25, 0.3) is 0 Å². The van der Waals surface area contributed by atoms with Crippen LogP contribution in [-0.4, -0.2) is 13.1 Å². The highest BCUT2D eigenvalue weighted by molar-refractivity contribution is 6.42. The van der Waals surface area contributed by atoms with E-state index in [1.54, 1.807) is 5.57 Å². The molecule has 1 unspecified atom stereocenters. The van der Waals surface area contributed by atoms with Crippen molar-refractivity contribution in [1.29, 1.82) is 0 Å². The molecule has 0 radical (unpaired) electrons. The van der Waals surface area contributed by atoms with E-state index in [0.717, 1.165) is 6.42 Å². The normalized spacial score (nSPS) is 20.6. The molecule has 20 heavy (non-hydrogen) atoms. The van der Waals surface area contributed by atoms with Crippen LogP contribution in [0.15, 0.2) is 29.8 Å². The Morgan fingerprint density at radius 2 is 1.90 bits per heavy atom. The second-order valence-corrected chi connectivity index (χ2v) is 6.34. The Morgan fingerprint density at radius 3 is 2.65 bits per heavy atom. The third-order valence-electron chi connectivity index (χ3n) is 4.05. The highest BCUT2D eigenvalue weighted by Crippen LogP contribution is 2.25. The molecule has 1 atom stereocenters. The summed E-state index contributed by atoms with van der Waals surface area (Å²) < 4.78 is 0. The molecule has 0 amide bonds. The molecular formula is C17H23Cl2N. The maximum absolute atomic E-state index is 6.11. The van der Waals surface area contributed by atoms with E-state index in [-0.39, 0.29) is 0 Å². The molecule has 1 aromatic rings. The van der Waals surface area contributed by atoms with Crippen LogP contribution in [0.4, 0.5) is 0 Å². The lowest BCUT2D eigenvalue weighted by molar-refractivity contribution is 0.557. The smallest absolute Gasteiger partial charge is 0.0595 e. The predicted octanol–water partition coefficient (Wildman–Crippen LogP) is 5.40. The van der Waals surface area contributed by atoms with Gasteiger partial charge in [0.15, 0.2) is 0 Å². The molecule has 0 saturated carbocycles. The lowest BCUT2D eigenvalue weighted by Gasteiger charge is -2.22. The van der Waals surface area contributed by atoms with Gasteiger partial charge in [-0.05, 0) is 56.8 Å². The zero-order valence-electron chi connectivity index (χ0n) is 12.1. The fourth-order valence-corrected chi connectivity index (χ4v) is 3.17. The highest BCUT2D eigenvalue weighted by Gasteiger charge is 2.14. The molecule has 1 aliphatic carbocycles. The van der Waals surface area contributed by atoms with Gasteiger partial charge in [0, 0.05) is 6.04 Å². The number of rotatable bonds is 4. The van der Waals surface area contributed by atoms with Crippen molar-refractivity contribution in [2.24, 2.45) is 0 Å². The Kier molecular flexibility index (Phi) is 6.41. The van der Waals surface area contributed by atoms with Crippen molar-refractivity contribution in [2.45, 2.75) is 51.0 Å². The van der Waals surface area contributed by atoms with Crippen LogP contribution >= 0.6 is 23.2 Å². The van der Waals surface area contributed by atoms with Gasteiger partial charge in [0.25, 0.3) is 0 Å². The minimum Gasteiger partial charge on any atom is -0.313 e. The Morgan fingerprint density at radius 1 is 1.10 bits per heavy atom. The number of hydrogen-bond donors (Lipinski definition) is 1. The van der Waals surface area contributed by atoms with Crippen molar-refractivity contribution in [3.8, 4) is 0 Å². The van der Waals surface area contributed by atoms with Gasteiger partial charge in [0.1, 0.15) is 0 Å². The average molecular weight is 312 g/mol. The zero-order chi connectivity index (χ0) is 14.4. The minimum atomic E-state index is 0.408. The van der Waals surface area contributed by atoms with E-state index >= 15 is 0 Å². The van der Waals surface area contributed by atoms with Crippen LogP contribution < -0.4 is 5.32 Å². The van der Waals surface area contributed by atoms with Crippen molar-refractivity contribution >= 4 is 23.2 Å². The first-order chi connectivity index (χ1) is 9.70. The molecule has 1 aliphatic rings. The maximum Gasteiger partial charge on any atom is 0.0595 e. The first kappa shape index (κ1) is 15.9. The summed E-state index contributed by atoms with van der Waals surface area (Å²) in [5.41, 5.74) is 2.79. The Hall–Kier alpha value is -0.500. The van der Waals surface area contributed by atoms with Gasteiger partial charge in [-0.3, -0.25) is 0 Å². The van der Waals surface area contributed by atoms with Crippen LogP contribution in [-0.2, 0) is 6.42 Å². The van der Waals surface area contributed by atoms with E-state index in [4.69, 9.17) is 23.2 Å². The van der Waals surface area contributed by atoms with Gasteiger partial charge in [0.2, 0.25) is 0 Å². The van der Waals surface area contributed by atoms with E-state index in [1.807, 2.05) is 19.2 Å².